The maximum Gasteiger partial charge on any atom is 0.187 e. The first-order valence-corrected chi connectivity index (χ1v) is 11.4. The Hall–Kier alpha value is -2.09. The van der Waals surface area contributed by atoms with Crippen molar-refractivity contribution in [2.24, 2.45) is 0 Å². The lowest BCUT2D eigenvalue weighted by molar-refractivity contribution is 0.111. The van der Waals surface area contributed by atoms with Gasteiger partial charge in [0.1, 0.15) is 11.5 Å². The van der Waals surface area contributed by atoms with E-state index in [1.807, 2.05) is 25.4 Å². The summed E-state index contributed by atoms with van der Waals surface area (Å²) < 4.78 is 16.9. The van der Waals surface area contributed by atoms with Gasteiger partial charge in [0.2, 0.25) is 0 Å². The van der Waals surface area contributed by atoms with Crippen LogP contribution in [0.3, 0.4) is 0 Å². The summed E-state index contributed by atoms with van der Waals surface area (Å²) in [4.78, 5) is 14.2. The van der Waals surface area contributed by atoms with Gasteiger partial charge in [-0.15, -0.1) is 0 Å². The zero-order chi connectivity index (χ0) is 21.3. The van der Waals surface area contributed by atoms with E-state index in [1.54, 1.807) is 20.3 Å². The third-order valence-corrected chi connectivity index (χ3v) is 6.32. The van der Waals surface area contributed by atoms with Crippen molar-refractivity contribution in [2.75, 3.05) is 27.1 Å². The number of ether oxygens (including phenoxy) is 3. The number of thioether (sulfide) groups is 1. The van der Waals surface area contributed by atoms with Crippen LogP contribution >= 0.6 is 23.4 Å². The van der Waals surface area contributed by atoms with Crippen LogP contribution in [-0.2, 0) is 11.2 Å². The quantitative estimate of drug-likeness (QED) is 0.385. The summed E-state index contributed by atoms with van der Waals surface area (Å²) in [7, 11) is 3.22. The molecule has 0 radical (unpaired) electrons. The largest absolute Gasteiger partial charge is 0.496 e. The molecule has 6 nitrogen and oxygen atoms in total. The number of aromatic nitrogens is 3. The van der Waals surface area contributed by atoms with Crippen LogP contribution in [-0.4, -0.2) is 48.1 Å². The van der Waals surface area contributed by atoms with Crippen molar-refractivity contribution < 1.29 is 14.2 Å². The fourth-order valence-corrected chi connectivity index (χ4v) is 4.56. The summed E-state index contributed by atoms with van der Waals surface area (Å²) in [6, 6.07) is 3.77. The van der Waals surface area contributed by atoms with Crippen LogP contribution in [0.25, 0.3) is 22.2 Å². The molecule has 0 amide bonds. The van der Waals surface area contributed by atoms with Crippen molar-refractivity contribution in [1.29, 1.82) is 0 Å². The molecule has 0 N–H and O–H groups in total. The number of rotatable bonds is 6. The predicted molar refractivity (Wildman–Crippen MR) is 120 cm³/mol. The molecule has 0 bridgehead atoms. The maximum absolute atomic E-state index is 6.72. The number of pyridine rings is 1. The Labute approximate surface area is 185 Å². The highest BCUT2D eigenvalue weighted by Crippen LogP contribution is 2.43. The molecule has 2 aromatic heterocycles. The maximum atomic E-state index is 6.72. The van der Waals surface area contributed by atoms with E-state index < -0.39 is 0 Å². The van der Waals surface area contributed by atoms with Crippen molar-refractivity contribution in [1.82, 2.24) is 15.0 Å². The molecule has 1 unspecified atom stereocenters. The van der Waals surface area contributed by atoms with Gasteiger partial charge >= 0.3 is 0 Å². The Kier molecular flexibility index (Phi) is 6.32. The van der Waals surface area contributed by atoms with Gasteiger partial charge in [0.15, 0.2) is 5.16 Å². The highest BCUT2D eigenvalue weighted by molar-refractivity contribution is 7.98. The van der Waals surface area contributed by atoms with E-state index >= 15 is 0 Å². The van der Waals surface area contributed by atoms with Crippen molar-refractivity contribution in [3.63, 3.8) is 0 Å². The van der Waals surface area contributed by atoms with Gasteiger partial charge in [-0.3, -0.25) is 4.98 Å². The normalized spacial score (nSPS) is 16.2. The number of hydrogen-bond acceptors (Lipinski definition) is 7. The van der Waals surface area contributed by atoms with Gasteiger partial charge < -0.3 is 14.2 Å². The number of methoxy groups -OCH3 is 2. The Morgan fingerprint density at radius 2 is 2.00 bits per heavy atom. The molecule has 1 aliphatic heterocycles. The number of halogens is 1. The van der Waals surface area contributed by atoms with E-state index in [1.165, 1.54) is 11.8 Å². The molecule has 1 aromatic carbocycles. The van der Waals surface area contributed by atoms with E-state index in [2.05, 4.69) is 4.98 Å². The summed E-state index contributed by atoms with van der Waals surface area (Å²) in [5.74, 6) is 1.24. The smallest absolute Gasteiger partial charge is 0.187 e. The van der Waals surface area contributed by atoms with Crippen LogP contribution in [0.2, 0.25) is 5.02 Å². The van der Waals surface area contributed by atoms with E-state index in [9.17, 15) is 0 Å². The molecular formula is C22H24ClN3O3S. The van der Waals surface area contributed by atoms with E-state index in [0.29, 0.717) is 22.9 Å². The van der Waals surface area contributed by atoms with Crippen molar-refractivity contribution in [2.45, 2.75) is 37.4 Å². The first-order valence-electron chi connectivity index (χ1n) is 9.79. The van der Waals surface area contributed by atoms with Crippen molar-refractivity contribution >= 4 is 34.3 Å². The number of benzene rings is 1. The molecule has 3 aromatic rings. The second kappa shape index (κ2) is 8.96. The van der Waals surface area contributed by atoms with Crippen LogP contribution in [0.15, 0.2) is 23.5 Å². The second-order valence-electron chi connectivity index (χ2n) is 7.18. The topological polar surface area (TPSA) is 66.4 Å². The van der Waals surface area contributed by atoms with Gasteiger partial charge in [0.25, 0.3) is 0 Å². The first-order chi connectivity index (χ1) is 14.5. The van der Waals surface area contributed by atoms with E-state index in [4.69, 9.17) is 35.8 Å². The molecule has 0 aliphatic carbocycles. The number of hydrogen-bond donors (Lipinski definition) is 0. The summed E-state index contributed by atoms with van der Waals surface area (Å²) in [6.07, 6.45) is 6.77. The molecule has 158 valence electrons. The predicted octanol–water partition coefficient (Wildman–Crippen LogP) is 5.11. The van der Waals surface area contributed by atoms with Crippen LogP contribution in [0.5, 0.6) is 11.5 Å². The molecule has 1 fully saturated rings. The fourth-order valence-electron chi connectivity index (χ4n) is 3.85. The minimum atomic E-state index is 0.153. The minimum Gasteiger partial charge on any atom is -0.496 e. The summed E-state index contributed by atoms with van der Waals surface area (Å²) >= 11 is 8.23. The van der Waals surface area contributed by atoms with Crippen molar-refractivity contribution in [3.05, 3.63) is 34.6 Å². The zero-order valence-electron chi connectivity index (χ0n) is 17.5. The Morgan fingerprint density at radius 3 is 2.67 bits per heavy atom. The standard InChI is InChI=1S/C22H24ClN3O3S/c1-12-17(27-2)10-18(28-3)20(23)19(12)15-8-13-11-24-22(30-4)26-21(13)16(25-15)9-14-6-5-7-29-14/h8,10-11,14H,5-7,9H2,1-4H3. The fraction of sp³-hybridized carbons (Fsp3) is 0.409. The number of fused-ring (bicyclic) bond motifs is 1. The molecule has 1 aliphatic rings. The lowest BCUT2D eigenvalue weighted by Crippen LogP contribution is -2.12. The van der Waals surface area contributed by atoms with E-state index in [0.717, 1.165) is 58.0 Å². The average molecular weight is 446 g/mol. The SMILES string of the molecule is COc1cc(OC)c(Cl)c(-c2cc3cnc(SC)nc3c(CC3CCCO3)n2)c1C. The van der Waals surface area contributed by atoms with Gasteiger partial charge in [0, 0.05) is 41.8 Å². The van der Waals surface area contributed by atoms with Gasteiger partial charge in [-0.25, -0.2) is 9.97 Å². The number of nitrogens with zero attached hydrogens (tertiary/aromatic N) is 3. The second-order valence-corrected chi connectivity index (χ2v) is 8.33. The highest BCUT2D eigenvalue weighted by atomic mass is 35.5. The van der Waals surface area contributed by atoms with Gasteiger partial charge in [-0.05, 0) is 32.1 Å². The van der Waals surface area contributed by atoms with Crippen LogP contribution in [0.4, 0.5) is 0 Å². The molecule has 3 heterocycles. The van der Waals surface area contributed by atoms with Gasteiger partial charge in [-0.2, -0.15) is 0 Å². The molecule has 4 rings (SSSR count). The van der Waals surface area contributed by atoms with Crippen LogP contribution in [0.1, 0.15) is 24.1 Å². The van der Waals surface area contributed by atoms with E-state index in [-0.39, 0.29) is 6.10 Å². The average Bonchev–Trinajstić information content (AvgIpc) is 3.27. The lowest BCUT2D eigenvalue weighted by Gasteiger charge is -2.17. The summed E-state index contributed by atoms with van der Waals surface area (Å²) in [5.41, 5.74) is 4.19. The molecule has 1 saturated heterocycles. The van der Waals surface area contributed by atoms with Gasteiger partial charge in [-0.1, -0.05) is 23.4 Å². The Morgan fingerprint density at radius 1 is 1.20 bits per heavy atom. The zero-order valence-corrected chi connectivity index (χ0v) is 19.1. The molecule has 0 saturated carbocycles. The van der Waals surface area contributed by atoms with Crippen LogP contribution in [0, 0.1) is 6.92 Å². The van der Waals surface area contributed by atoms with Gasteiger partial charge in [0.05, 0.1) is 42.3 Å². The molecular weight excluding hydrogens is 422 g/mol. The Bertz CT molecular complexity index is 1060. The first kappa shape index (κ1) is 21.2. The van der Waals surface area contributed by atoms with Crippen molar-refractivity contribution in [3.8, 4) is 22.8 Å². The molecule has 0 spiro atoms. The third kappa shape index (κ3) is 3.94. The summed E-state index contributed by atoms with van der Waals surface area (Å²) in [5, 5.41) is 2.15. The summed E-state index contributed by atoms with van der Waals surface area (Å²) in [6.45, 7) is 2.77. The molecule has 8 heteroatoms. The monoisotopic (exact) mass is 445 g/mol. The Balaban J connectivity index is 1.94. The minimum absolute atomic E-state index is 0.153. The molecule has 1 atom stereocenters. The molecule has 30 heavy (non-hydrogen) atoms. The lowest BCUT2D eigenvalue weighted by atomic mass is 10.0. The third-order valence-electron chi connectivity index (χ3n) is 5.38. The van der Waals surface area contributed by atoms with Crippen LogP contribution < -0.4 is 9.47 Å². The highest BCUT2D eigenvalue weighted by Gasteiger charge is 2.23.